The van der Waals surface area contributed by atoms with Gasteiger partial charge in [-0.2, -0.15) is 0 Å². The number of aromatic nitrogens is 1. The molecule has 0 spiro atoms. The van der Waals surface area contributed by atoms with Crippen molar-refractivity contribution in [2.75, 3.05) is 20.8 Å². The number of methoxy groups -OCH3 is 2. The third-order valence-electron chi connectivity index (χ3n) is 7.04. The number of amides is 1. The molecule has 0 aliphatic heterocycles. The minimum Gasteiger partial charge on any atom is -0.497 e. The fourth-order valence-corrected chi connectivity index (χ4v) is 5.21. The number of nitrogens with one attached hydrogen (secondary N) is 1. The van der Waals surface area contributed by atoms with Crippen molar-refractivity contribution in [2.45, 2.75) is 39.2 Å². The van der Waals surface area contributed by atoms with Crippen molar-refractivity contribution in [1.29, 1.82) is 0 Å². The summed E-state index contributed by atoms with van der Waals surface area (Å²) in [4.78, 5) is 12.9. The van der Waals surface area contributed by atoms with Gasteiger partial charge in [0.2, 0.25) is 5.91 Å². The van der Waals surface area contributed by atoms with E-state index in [1.807, 2.05) is 49.4 Å². The van der Waals surface area contributed by atoms with Crippen LogP contribution in [0, 0.1) is 0 Å². The topological polar surface area (TPSA) is 61.7 Å². The standard InChI is InChI=1S/C32H34N2O4/c1-4-38-30-12-8-6-10-24(30)21-33-31(35)16-15-25-17-23-14-13-22-9-5-7-11-29(22)32(23)34(25)26-18-27(36-2)20-28(19-26)37-3/h5-12,17-20H,4,13-16,21H2,1-3H3,(H,33,35). The minimum absolute atomic E-state index is 0.00523. The predicted octanol–water partition coefficient (Wildman–Crippen LogP) is 5.91. The van der Waals surface area contributed by atoms with Gasteiger partial charge in [0.15, 0.2) is 0 Å². The second-order valence-electron chi connectivity index (χ2n) is 9.39. The zero-order valence-corrected chi connectivity index (χ0v) is 22.3. The number of para-hydroxylation sites is 1. The van der Waals surface area contributed by atoms with Crippen LogP contribution in [0.15, 0.2) is 72.8 Å². The summed E-state index contributed by atoms with van der Waals surface area (Å²) in [5.74, 6) is 2.26. The molecule has 1 aliphatic carbocycles. The van der Waals surface area contributed by atoms with E-state index < -0.39 is 0 Å². The lowest BCUT2D eigenvalue weighted by atomic mass is 9.90. The van der Waals surface area contributed by atoms with Crippen molar-refractivity contribution in [3.8, 4) is 34.2 Å². The number of fused-ring (bicyclic) bond motifs is 3. The molecule has 1 aliphatic rings. The van der Waals surface area contributed by atoms with Gasteiger partial charge < -0.3 is 24.1 Å². The van der Waals surface area contributed by atoms with E-state index in [1.165, 1.54) is 22.4 Å². The van der Waals surface area contributed by atoms with Gasteiger partial charge in [-0.15, -0.1) is 0 Å². The van der Waals surface area contributed by atoms with Gasteiger partial charge in [0.25, 0.3) is 0 Å². The molecule has 6 heteroatoms. The first kappa shape index (κ1) is 25.5. The average Bonchev–Trinajstić information content (AvgIpc) is 3.34. The fourth-order valence-electron chi connectivity index (χ4n) is 5.21. The third kappa shape index (κ3) is 5.25. The molecule has 0 saturated heterocycles. The van der Waals surface area contributed by atoms with Crippen molar-refractivity contribution < 1.29 is 19.0 Å². The van der Waals surface area contributed by atoms with Crippen molar-refractivity contribution >= 4 is 5.91 Å². The molecule has 1 N–H and O–H groups in total. The number of carbonyl (C=O) groups excluding carboxylic acids is 1. The Morgan fingerprint density at radius 3 is 2.37 bits per heavy atom. The highest BCUT2D eigenvalue weighted by atomic mass is 16.5. The summed E-state index contributed by atoms with van der Waals surface area (Å²) in [5.41, 5.74) is 8.08. The Balaban J connectivity index is 1.44. The Hall–Kier alpha value is -4.19. The summed E-state index contributed by atoms with van der Waals surface area (Å²) in [6.07, 6.45) is 2.96. The van der Waals surface area contributed by atoms with Gasteiger partial charge in [-0.05, 0) is 49.4 Å². The maximum absolute atomic E-state index is 12.9. The summed E-state index contributed by atoms with van der Waals surface area (Å²) in [6, 6.07) is 24.6. The van der Waals surface area contributed by atoms with Crippen LogP contribution in [0.4, 0.5) is 0 Å². The molecule has 1 amide bonds. The van der Waals surface area contributed by atoms with Crippen LogP contribution in [0.5, 0.6) is 17.2 Å². The zero-order chi connectivity index (χ0) is 26.5. The molecular weight excluding hydrogens is 476 g/mol. The van der Waals surface area contributed by atoms with Crippen LogP contribution < -0.4 is 19.5 Å². The van der Waals surface area contributed by atoms with Crippen LogP contribution in [0.25, 0.3) is 16.9 Å². The third-order valence-corrected chi connectivity index (χ3v) is 7.04. The summed E-state index contributed by atoms with van der Waals surface area (Å²) in [6.45, 7) is 2.98. The maximum atomic E-state index is 12.9. The first-order valence-corrected chi connectivity index (χ1v) is 13.1. The van der Waals surface area contributed by atoms with Crippen LogP contribution in [0.1, 0.15) is 35.7 Å². The number of hydrogen-bond acceptors (Lipinski definition) is 4. The number of benzene rings is 3. The lowest BCUT2D eigenvalue weighted by Gasteiger charge is -2.21. The van der Waals surface area contributed by atoms with E-state index in [4.69, 9.17) is 14.2 Å². The van der Waals surface area contributed by atoms with E-state index in [-0.39, 0.29) is 5.91 Å². The summed E-state index contributed by atoms with van der Waals surface area (Å²) < 4.78 is 19.1. The number of ether oxygens (including phenoxy) is 3. The van der Waals surface area contributed by atoms with E-state index in [0.29, 0.717) is 26.0 Å². The van der Waals surface area contributed by atoms with Crippen LogP contribution >= 0.6 is 0 Å². The summed E-state index contributed by atoms with van der Waals surface area (Å²) in [7, 11) is 3.32. The van der Waals surface area contributed by atoms with E-state index in [2.05, 4.69) is 40.2 Å². The van der Waals surface area contributed by atoms with Crippen molar-refractivity contribution in [1.82, 2.24) is 9.88 Å². The SMILES string of the molecule is CCOc1ccccc1CNC(=O)CCc1cc2c(n1-c1cc(OC)cc(OC)c1)-c1ccccc1CC2. The second kappa shape index (κ2) is 11.5. The molecule has 0 radical (unpaired) electrons. The number of carbonyl (C=O) groups is 1. The normalized spacial score (nSPS) is 11.9. The number of hydrogen-bond donors (Lipinski definition) is 1. The number of rotatable bonds is 10. The molecule has 0 bridgehead atoms. The van der Waals surface area contributed by atoms with Crippen molar-refractivity contribution in [3.63, 3.8) is 0 Å². The van der Waals surface area contributed by atoms with Gasteiger partial charge in [-0.3, -0.25) is 4.79 Å². The molecule has 38 heavy (non-hydrogen) atoms. The Labute approximate surface area is 224 Å². The molecule has 0 fully saturated rings. The molecular formula is C32H34N2O4. The number of aryl methyl sites for hydroxylation is 3. The van der Waals surface area contributed by atoms with Gasteiger partial charge >= 0.3 is 0 Å². The van der Waals surface area contributed by atoms with E-state index in [1.54, 1.807) is 14.2 Å². The molecule has 6 nitrogen and oxygen atoms in total. The highest BCUT2D eigenvalue weighted by Gasteiger charge is 2.24. The highest BCUT2D eigenvalue weighted by molar-refractivity contribution is 5.77. The Morgan fingerprint density at radius 2 is 1.61 bits per heavy atom. The van der Waals surface area contributed by atoms with E-state index in [0.717, 1.165) is 47.0 Å². The molecule has 1 heterocycles. The quantitative estimate of drug-likeness (QED) is 0.288. The summed E-state index contributed by atoms with van der Waals surface area (Å²) >= 11 is 0. The van der Waals surface area contributed by atoms with Gasteiger partial charge in [0.05, 0.1) is 32.2 Å². The lowest BCUT2D eigenvalue weighted by Crippen LogP contribution is -2.23. The lowest BCUT2D eigenvalue weighted by molar-refractivity contribution is -0.121. The molecule has 0 atom stereocenters. The van der Waals surface area contributed by atoms with Gasteiger partial charge in [-0.1, -0.05) is 42.5 Å². The highest BCUT2D eigenvalue weighted by Crippen LogP contribution is 2.39. The molecule has 1 aromatic heterocycles. The molecule has 5 rings (SSSR count). The maximum Gasteiger partial charge on any atom is 0.220 e. The minimum atomic E-state index is 0.00523. The molecule has 196 valence electrons. The van der Waals surface area contributed by atoms with Crippen LogP contribution in [-0.4, -0.2) is 31.3 Å². The van der Waals surface area contributed by atoms with Crippen LogP contribution in [0.2, 0.25) is 0 Å². The molecule has 0 unspecified atom stereocenters. The van der Waals surface area contributed by atoms with Crippen LogP contribution in [0.3, 0.4) is 0 Å². The second-order valence-corrected chi connectivity index (χ2v) is 9.39. The molecule has 3 aromatic carbocycles. The predicted molar refractivity (Wildman–Crippen MR) is 149 cm³/mol. The smallest absolute Gasteiger partial charge is 0.220 e. The zero-order valence-electron chi connectivity index (χ0n) is 22.3. The summed E-state index contributed by atoms with van der Waals surface area (Å²) in [5, 5.41) is 3.07. The van der Waals surface area contributed by atoms with E-state index >= 15 is 0 Å². The van der Waals surface area contributed by atoms with Crippen LogP contribution in [-0.2, 0) is 30.6 Å². The number of nitrogens with zero attached hydrogens (tertiary/aromatic N) is 1. The van der Waals surface area contributed by atoms with Gasteiger partial charge in [0, 0.05) is 48.0 Å². The average molecular weight is 511 g/mol. The van der Waals surface area contributed by atoms with Gasteiger partial charge in [-0.25, -0.2) is 0 Å². The fraction of sp³-hybridized carbons (Fsp3) is 0.281. The molecule has 4 aromatic rings. The largest absolute Gasteiger partial charge is 0.497 e. The molecule has 0 saturated carbocycles. The first-order chi connectivity index (χ1) is 18.6. The Kier molecular flexibility index (Phi) is 7.68. The van der Waals surface area contributed by atoms with Crippen molar-refractivity contribution in [2.24, 2.45) is 0 Å². The Morgan fingerprint density at radius 1 is 0.895 bits per heavy atom. The van der Waals surface area contributed by atoms with Crippen molar-refractivity contribution in [3.05, 3.63) is 95.2 Å². The monoisotopic (exact) mass is 510 g/mol. The van der Waals surface area contributed by atoms with Gasteiger partial charge in [0.1, 0.15) is 17.2 Å². The first-order valence-electron chi connectivity index (χ1n) is 13.1. The van der Waals surface area contributed by atoms with E-state index in [9.17, 15) is 4.79 Å². The Bertz CT molecular complexity index is 1420.